The summed E-state index contributed by atoms with van der Waals surface area (Å²) in [4.78, 5) is 2.08. The standard InChI is InChI=1S/C27H35F3N2O3/c1-19(2)26(18-31,22-16-23(33-4)25(35-6)24(17-22)34-5)12-8-13-32(3)14-11-20-9-7-10-21(15-20)27(28,29)30/h7,9-10,15-17,19H,8,11-14H2,1-6H3/t26-/m0/s1. The van der Waals surface area contributed by atoms with E-state index < -0.39 is 17.2 Å². The van der Waals surface area contributed by atoms with Crippen molar-refractivity contribution in [1.82, 2.24) is 4.90 Å². The van der Waals surface area contributed by atoms with Crippen LogP contribution in [0.5, 0.6) is 17.2 Å². The lowest BCUT2D eigenvalue weighted by Gasteiger charge is -2.33. The predicted molar refractivity (Wildman–Crippen MR) is 130 cm³/mol. The molecule has 0 unspecified atom stereocenters. The monoisotopic (exact) mass is 492 g/mol. The molecule has 0 saturated carbocycles. The summed E-state index contributed by atoms with van der Waals surface area (Å²) in [5, 5.41) is 10.3. The normalized spacial score (nSPS) is 13.4. The third-order valence-electron chi connectivity index (χ3n) is 6.51. The number of hydrogen-bond acceptors (Lipinski definition) is 5. The Hall–Kier alpha value is -2.92. The van der Waals surface area contributed by atoms with E-state index in [0.717, 1.165) is 18.1 Å². The van der Waals surface area contributed by atoms with Gasteiger partial charge in [0.1, 0.15) is 0 Å². The van der Waals surface area contributed by atoms with Gasteiger partial charge in [0.2, 0.25) is 5.75 Å². The average molecular weight is 493 g/mol. The minimum absolute atomic E-state index is 0.0192. The molecule has 2 aromatic rings. The lowest BCUT2D eigenvalue weighted by atomic mass is 9.69. The van der Waals surface area contributed by atoms with Gasteiger partial charge in [0, 0.05) is 6.54 Å². The highest BCUT2D eigenvalue weighted by molar-refractivity contribution is 5.56. The summed E-state index contributed by atoms with van der Waals surface area (Å²) in [6, 6.07) is 11.7. The Morgan fingerprint density at radius 1 is 0.943 bits per heavy atom. The first-order chi connectivity index (χ1) is 16.5. The molecule has 1 atom stereocenters. The third-order valence-corrected chi connectivity index (χ3v) is 6.51. The first-order valence-electron chi connectivity index (χ1n) is 11.6. The van der Waals surface area contributed by atoms with Crippen LogP contribution in [-0.4, -0.2) is 46.4 Å². The summed E-state index contributed by atoms with van der Waals surface area (Å²) in [7, 11) is 6.57. The predicted octanol–water partition coefficient (Wildman–Crippen LogP) is 6.10. The molecule has 5 nitrogen and oxygen atoms in total. The minimum atomic E-state index is -4.34. The molecule has 0 N–H and O–H groups in total. The Kier molecular flexibility index (Phi) is 9.84. The van der Waals surface area contributed by atoms with E-state index in [4.69, 9.17) is 14.2 Å². The van der Waals surface area contributed by atoms with Gasteiger partial charge in [0.05, 0.1) is 38.4 Å². The van der Waals surface area contributed by atoms with Crippen molar-refractivity contribution in [2.75, 3.05) is 41.5 Å². The zero-order valence-corrected chi connectivity index (χ0v) is 21.3. The largest absolute Gasteiger partial charge is 0.493 e. The van der Waals surface area contributed by atoms with Crippen LogP contribution in [0.25, 0.3) is 0 Å². The van der Waals surface area contributed by atoms with Crippen LogP contribution < -0.4 is 14.2 Å². The number of benzene rings is 2. The van der Waals surface area contributed by atoms with Crippen LogP contribution in [0, 0.1) is 17.2 Å². The second-order valence-corrected chi connectivity index (χ2v) is 9.01. The topological polar surface area (TPSA) is 54.7 Å². The maximum absolute atomic E-state index is 13.0. The van der Waals surface area contributed by atoms with E-state index in [9.17, 15) is 18.4 Å². The maximum Gasteiger partial charge on any atom is 0.416 e. The molecule has 0 aromatic heterocycles. The molecular formula is C27H35F3N2O3. The zero-order valence-electron chi connectivity index (χ0n) is 21.3. The Morgan fingerprint density at radius 3 is 2.06 bits per heavy atom. The van der Waals surface area contributed by atoms with Crippen molar-refractivity contribution in [3.8, 4) is 23.3 Å². The highest BCUT2D eigenvalue weighted by Crippen LogP contribution is 2.45. The van der Waals surface area contributed by atoms with E-state index in [2.05, 4.69) is 11.0 Å². The Morgan fingerprint density at radius 2 is 1.57 bits per heavy atom. The molecule has 0 bridgehead atoms. The highest BCUT2D eigenvalue weighted by atomic mass is 19.4. The van der Waals surface area contributed by atoms with Gasteiger partial charge in [-0.15, -0.1) is 0 Å². The van der Waals surface area contributed by atoms with E-state index in [-0.39, 0.29) is 5.92 Å². The molecule has 8 heteroatoms. The van der Waals surface area contributed by atoms with Gasteiger partial charge in [-0.2, -0.15) is 18.4 Å². The summed E-state index contributed by atoms with van der Waals surface area (Å²) in [6.07, 6.45) is -2.48. The third kappa shape index (κ3) is 6.82. The summed E-state index contributed by atoms with van der Waals surface area (Å²) in [5.74, 6) is 1.50. The Bertz CT molecular complexity index is 992. The summed E-state index contributed by atoms with van der Waals surface area (Å²) >= 11 is 0. The second-order valence-electron chi connectivity index (χ2n) is 9.01. The number of methoxy groups -OCH3 is 3. The summed E-state index contributed by atoms with van der Waals surface area (Å²) < 4.78 is 55.3. The molecule has 2 aromatic carbocycles. The molecule has 0 aliphatic heterocycles. The average Bonchev–Trinajstić information content (AvgIpc) is 2.84. The molecule has 0 spiro atoms. The van der Waals surface area contributed by atoms with Crippen LogP contribution in [0.1, 0.15) is 43.4 Å². The summed E-state index contributed by atoms with van der Waals surface area (Å²) in [5.41, 5.74) is 0.0573. The lowest BCUT2D eigenvalue weighted by Crippen LogP contribution is -2.32. The van der Waals surface area contributed by atoms with Crippen molar-refractivity contribution >= 4 is 0 Å². The number of alkyl halides is 3. The van der Waals surface area contributed by atoms with E-state index in [1.807, 2.05) is 33.0 Å². The molecule has 0 aliphatic rings. The van der Waals surface area contributed by atoms with Crippen molar-refractivity contribution in [1.29, 1.82) is 5.26 Å². The molecule has 35 heavy (non-hydrogen) atoms. The number of rotatable bonds is 12. The fraction of sp³-hybridized carbons (Fsp3) is 0.519. The molecule has 0 radical (unpaired) electrons. The van der Waals surface area contributed by atoms with Gasteiger partial charge in [-0.25, -0.2) is 0 Å². The van der Waals surface area contributed by atoms with E-state index >= 15 is 0 Å². The van der Waals surface area contributed by atoms with Crippen LogP contribution >= 0.6 is 0 Å². The first kappa shape index (κ1) is 28.3. The van der Waals surface area contributed by atoms with Crippen LogP contribution in [0.2, 0.25) is 0 Å². The van der Waals surface area contributed by atoms with E-state index in [1.54, 1.807) is 20.3 Å². The zero-order chi connectivity index (χ0) is 26.2. The van der Waals surface area contributed by atoms with Gasteiger partial charge in [-0.05, 0) is 68.1 Å². The van der Waals surface area contributed by atoms with Crippen LogP contribution in [0.3, 0.4) is 0 Å². The summed E-state index contributed by atoms with van der Waals surface area (Å²) in [6.45, 7) is 5.36. The SMILES string of the molecule is COc1cc([C@](C#N)(CCCN(C)CCc2cccc(C(F)(F)F)c2)C(C)C)cc(OC)c1OC. The van der Waals surface area contributed by atoms with Crippen molar-refractivity contribution < 1.29 is 27.4 Å². The molecule has 0 fully saturated rings. The fourth-order valence-corrected chi connectivity index (χ4v) is 4.32. The van der Waals surface area contributed by atoms with Crippen molar-refractivity contribution in [2.45, 2.75) is 44.7 Å². The molecule has 192 valence electrons. The minimum Gasteiger partial charge on any atom is -0.493 e. The highest BCUT2D eigenvalue weighted by Gasteiger charge is 2.37. The number of likely N-dealkylation sites (N-methyl/N-ethyl adjacent to an activating group) is 1. The van der Waals surface area contributed by atoms with Gasteiger partial charge >= 0.3 is 6.18 Å². The first-order valence-corrected chi connectivity index (χ1v) is 11.6. The lowest BCUT2D eigenvalue weighted by molar-refractivity contribution is -0.137. The number of nitriles is 1. The van der Waals surface area contributed by atoms with E-state index in [1.165, 1.54) is 19.2 Å². The number of halogens is 3. The second kappa shape index (κ2) is 12.2. The van der Waals surface area contributed by atoms with E-state index in [0.29, 0.717) is 48.7 Å². The van der Waals surface area contributed by atoms with Gasteiger partial charge in [0.25, 0.3) is 0 Å². The molecule has 2 rings (SSSR count). The van der Waals surface area contributed by atoms with Crippen LogP contribution in [0.15, 0.2) is 36.4 Å². The van der Waals surface area contributed by atoms with Crippen LogP contribution in [-0.2, 0) is 18.0 Å². The smallest absolute Gasteiger partial charge is 0.416 e. The van der Waals surface area contributed by atoms with Crippen LogP contribution in [0.4, 0.5) is 13.2 Å². The quantitative estimate of drug-likeness (QED) is 0.358. The number of nitrogens with zero attached hydrogens (tertiary/aromatic N) is 2. The molecule has 0 amide bonds. The maximum atomic E-state index is 13.0. The van der Waals surface area contributed by atoms with Gasteiger partial charge in [-0.1, -0.05) is 32.0 Å². The fourth-order valence-electron chi connectivity index (χ4n) is 4.32. The molecule has 0 aliphatic carbocycles. The Labute approximate surface area is 206 Å². The number of hydrogen-bond donors (Lipinski definition) is 0. The Balaban J connectivity index is 2.11. The molecule has 0 heterocycles. The van der Waals surface area contributed by atoms with Gasteiger partial charge in [0.15, 0.2) is 11.5 Å². The van der Waals surface area contributed by atoms with Crippen molar-refractivity contribution in [2.24, 2.45) is 5.92 Å². The van der Waals surface area contributed by atoms with Gasteiger partial charge in [-0.3, -0.25) is 0 Å². The number of ether oxygens (including phenoxy) is 3. The van der Waals surface area contributed by atoms with Gasteiger partial charge < -0.3 is 19.1 Å². The van der Waals surface area contributed by atoms with Crippen molar-refractivity contribution in [3.63, 3.8) is 0 Å². The molecular weight excluding hydrogens is 457 g/mol. The van der Waals surface area contributed by atoms with Crippen molar-refractivity contribution in [3.05, 3.63) is 53.1 Å². The molecule has 0 saturated heterocycles.